The second-order valence-corrected chi connectivity index (χ2v) is 7.70. The number of aryl methyl sites for hydroxylation is 1. The molecule has 28 heavy (non-hydrogen) atoms. The highest BCUT2D eigenvalue weighted by molar-refractivity contribution is 6.30. The molecule has 4 rings (SSSR count). The fourth-order valence-corrected chi connectivity index (χ4v) is 3.79. The van der Waals surface area contributed by atoms with Gasteiger partial charge in [0.25, 0.3) is 0 Å². The van der Waals surface area contributed by atoms with Crippen molar-refractivity contribution in [1.29, 1.82) is 0 Å². The van der Waals surface area contributed by atoms with Gasteiger partial charge < -0.3 is 4.90 Å². The highest BCUT2D eigenvalue weighted by atomic mass is 35.5. The van der Waals surface area contributed by atoms with Crippen LogP contribution in [0.3, 0.4) is 0 Å². The first kappa shape index (κ1) is 18.7. The summed E-state index contributed by atoms with van der Waals surface area (Å²) in [5.74, 6) is 0.106. The van der Waals surface area contributed by atoms with E-state index >= 15 is 0 Å². The molecule has 0 radical (unpaired) electrons. The lowest BCUT2D eigenvalue weighted by Gasteiger charge is -2.30. The fraction of sp³-hybridized carbons (Fsp3) is 0.318. The van der Waals surface area contributed by atoms with Gasteiger partial charge in [0.15, 0.2) is 0 Å². The van der Waals surface area contributed by atoms with E-state index in [0.717, 1.165) is 23.9 Å². The third-order valence-electron chi connectivity index (χ3n) is 5.30. The summed E-state index contributed by atoms with van der Waals surface area (Å²) in [5, 5.41) is 5.54. The van der Waals surface area contributed by atoms with Gasteiger partial charge in [0.05, 0.1) is 24.3 Å². The summed E-state index contributed by atoms with van der Waals surface area (Å²) in [5.41, 5.74) is 1.73. The number of aromatic nitrogens is 2. The largest absolute Gasteiger partial charge is 0.333 e. The van der Waals surface area contributed by atoms with Crippen molar-refractivity contribution < 1.29 is 4.79 Å². The van der Waals surface area contributed by atoms with Crippen LogP contribution in [0.5, 0.6) is 0 Å². The summed E-state index contributed by atoms with van der Waals surface area (Å²) >= 11 is 6.00. The maximum atomic E-state index is 13.1. The molecule has 1 atom stereocenters. The van der Waals surface area contributed by atoms with E-state index < -0.39 is 0 Å². The number of carbonyl (C=O) groups excluding carboxylic acids is 1. The van der Waals surface area contributed by atoms with Gasteiger partial charge in [-0.15, -0.1) is 0 Å². The van der Waals surface area contributed by atoms with Crippen molar-refractivity contribution in [3.63, 3.8) is 0 Å². The molecule has 144 valence electrons. The Balaban J connectivity index is 1.52. The maximum absolute atomic E-state index is 13.1. The highest BCUT2D eigenvalue weighted by Gasteiger charge is 2.35. The second kappa shape index (κ2) is 7.76. The molecule has 0 bridgehead atoms. The van der Waals surface area contributed by atoms with Crippen molar-refractivity contribution in [1.82, 2.24) is 14.7 Å². The first-order valence-electron chi connectivity index (χ1n) is 9.56. The summed E-state index contributed by atoms with van der Waals surface area (Å²) in [6.45, 7) is 2.50. The van der Waals surface area contributed by atoms with Gasteiger partial charge in [-0.25, -0.2) is 0 Å². The Kier molecular flexibility index (Phi) is 5.18. The van der Waals surface area contributed by atoms with Crippen molar-refractivity contribution in [2.24, 2.45) is 0 Å². The monoisotopic (exact) mass is 395 g/mol. The molecule has 0 spiro atoms. The van der Waals surface area contributed by atoms with Gasteiger partial charge in [-0.05, 0) is 49.6 Å². The van der Waals surface area contributed by atoms with Gasteiger partial charge in [-0.3, -0.25) is 14.3 Å². The van der Waals surface area contributed by atoms with Crippen LogP contribution < -0.4 is 5.43 Å². The third kappa shape index (κ3) is 3.80. The van der Waals surface area contributed by atoms with E-state index in [1.165, 1.54) is 6.20 Å². The van der Waals surface area contributed by atoms with Crippen LogP contribution in [0.25, 0.3) is 10.9 Å². The van der Waals surface area contributed by atoms with Gasteiger partial charge in [0, 0.05) is 22.9 Å². The average molecular weight is 396 g/mol. The number of halogens is 1. The molecule has 2 aromatic carbocycles. The smallest absolute Gasteiger partial charge is 0.225 e. The predicted octanol–water partition coefficient (Wildman–Crippen LogP) is 4.19. The van der Waals surface area contributed by atoms with Gasteiger partial charge in [0.1, 0.15) is 0 Å². The lowest BCUT2D eigenvalue weighted by Crippen LogP contribution is -2.36. The summed E-state index contributed by atoms with van der Waals surface area (Å²) in [4.78, 5) is 27.1. The summed E-state index contributed by atoms with van der Waals surface area (Å²) in [6.07, 6.45) is 3.75. The summed E-state index contributed by atoms with van der Waals surface area (Å²) in [6, 6.07) is 15.3. The molecule has 0 N–H and O–H groups in total. The van der Waals surface area contributed by atoms with E-state index in [4.69, 9.17) is 11.6 Å². The Bertz CT molecular complexity index is 1060. The summed E-state index contributed by atoms with van der Waals surface area (Å²) in [7, 11) is 0. The first-order valence-corrected chi connectivity index (χ1v) is 9.94. The first-order chi connectivity index (χ1) is 13.5. The number of fused-ring (bicyclic) bond motifs is 1. The number of rotatable bonds is 6. The number of hydrogen-bond donors (Lipinski definition) is 0. The van der Waals surface area contributed by atoms with E-state index in [-0.39, 0.29) is 17.4 Å². The lowest BCUT2D eigenvalue weighted by atomic mass is 10.1. The quantitative estimate of drug-likeness (QED) is 0.628. The number of carbonyl (C=O) groups is 1. The third-order valence-corrected chi connectivity index (χ3v) is 5.55. The maximum Gasteiger partial charge on any atom is 0.225 e. The minimum absolute atomic E-state index is 0.00371. The zero-order valence-corrected chi connectivity index (χ0v) is 16.5. The molecule has 1 fully saturated rings. The molecule has 1 heterocycles. The molecule has 0 aliphatic heterocycles. The molecular weight excluding hydrogens is 374 g/mol. The van der Waals surface area contributed by atoms with Crippen LogP contribution in [0.2, 0.25) is 5.02 Å². The fourth-order valence-electron chi connectivity index (χ4n) is 3.66. The van der Waals surface area contributed by atoms with Gasteiger partial charge >= 0.3 is 0 Å². The topological polar surface area (TPSA) is 55.2 Å². The molecule has 3 aromatic rings. The van der Waals surface area contributed by atoms with E-state index in [1.807, 2.05) is 47.4 Å². The number of amides is 1. The molecular formula is C22H22ClN3O2. The Labute approximate surface area is 168 Å². The van der Waals surface area contributed by atoms with Crippen molar-refractivity contribution >= 4 is 28.4 Å². The van der Waals surface area contributed by atoms with Gasteiger partial charge in [0.2, 0.25) is 11.3 Å². The standard InChI is InChI=1S/C22H22ClN3O2/c1-15(16-6-8-17(23)9-7-16)26(18-10-11-18)22(28)12-13-25-20-5-3-2-4-19(20)21(27)14-24-25/h2-9,14-15,18H,10-13H2,1H3. The molecule has 1 aliphatic carbocycles. The molecule has 0 saturated heterocycles. The minimum atomic E-state index is -0.103. The number of nitrogens with zero attached hydrogens (tertiary/aromatic N) is 3. The average Bonchev–Trinajstić information content (AvgIpc) is 3.53. The highest BCUT2D eigenvalue weighted by Crippen LogP contribution is 2.35. The van der Waals surface area contributed by atoms with Crippen LogP contribution in [0.1, 0.15) is 37.8 Å². The molecule has 1 aliphatic rings. The van der Waals surface area contributed by atoms with Crippen LogP contribution in [0, 0.1) is 0 Å². The van der Waals surface area contributed by atoms with E-state index in [2.05, 4.69) is 12.0 Å². The molecule has 6 heteroatoms. The van der Waals surface area contributed by atoms with Crippen molar-refractivity contribution in [2.45, 2.75) is 44.8 Å². The number of para-hydroxylation sites is 1. The SMILES string of the molecule is CC(c1ccc(Cl)cc1)N(C(=O)CCn1ncc(=O)c2ccccc21)C1CC1. The van der Waals surface area contributed by atoms with E-state index in [1.54, 1.807) is 10.7 Å². The van der Waals surface area contributed by atoms with Crippen molar-refractivity contribution in [3.8, 4) is 0 Å². The van der Waals surface area contributed by atoms with Crippen molar-refractivity contribution in [2.75, 3.05) is 0 Å². The van der Waals surface area contributed by atoms with Crippen LogP contribution in [0.4, 0.5) is 0 Å². The van der Waals surface area contributed by atoms with E-state index in [9.17, 15) is 9.59 Å². The molecule has 1 amide bonds. The van der Waals surface area contributed by atoms with Gasteiger partial charge in [-0.1, -0.05) is 35.9 Å². The van der Waals surface area contributed by atoms with Crippen LogP contribution in [-0.4, -0.2) is 26.6 Å². The Morgan fingerprint density at radius 1 is 1.21 bits per heavy atom. The molecule has 5 nitrogen and oxygen atoms in total. The van der Waals surface area contributed by atoms with Crippen LogP contribution >= 0.6 is 11.6 Å². The van der Waals surface area contributed by atoms with Crippen LogP contribution in [0.15, 0.2) is 59.5 Å². The Morgan fingerprint density at radius 2 is 1.93 bits per heavy atom. The normalized spacial score (nSPS) is 14.8. The molecule has 1 saturated carbocycles. The second-order valence-electron chi connectivity index (χ2n) is 7.26. The molecule has 1 aromatic heterocycles. The zero-order valence-electron chi connectivity index (χ0n) is 15.7. The number of hydrogen-bond acceptors (Lipinski definition) is 3. The zero-order chi connectivity index (χ0) is 19.7. The van der Waals surface area contributed by atoms with Crippen LogP contribution in [-0.2, 0) is 11.3 Å². The Morgan fingerprint density at radius 3 is 2.64 bits per heavy atom. The van der Waals surface area contributed by atoms with E-state index in [0.29, 0.717) is 29.4 Å². The van der Waals surface area contributed by atoms with Gasteiger partial charge in [-0.2, -0.15) is 5.10 Å². The Hall–Kier alpha value is -2.66. The van der Waals surface area contributed by atoms with Crippen molar-refractivity contribution in [3.05, 3.63) is 75.5 Å². The minimum Gasteiger partial charge on any atom is -0.333 e. The predicted molar refractivity (Wildman–Crippen MR) is 110 cm³/mol. The number of benzene rings is 2. The molecule has 1 unspecified atom stereocenters. The summed E-state index contributed by atoms with van der Waals surface area (Å²) < 4.78 is 1.74. The lowest BCUT2D eigenvalue weighted by molar-refractivity contribution is -0.134.